The molecule has 2 aromatic rings. The average Bonchev–Trinajstić information content (AvgIpc) is 2.73. The van der Waals surface area contributed by atoms with Gasteiger partial charge in [-0.15, -0.1) is 0 Å². The van der Waals surface area contributed by atoms with Gasteiger partial charge in [0.25, 0.3) is 0 Å². The molecule has 0 radical (unpaired) electrons. The Morgan fingerprint density at radius 2 is 2.24 bits per heavy atom. The van der Waals surface area contributed by atoms with E-state index in [1.807, 2.05) is 12.1 Å². The SMILES string of the molecule is COc1ccc(Br)cc1CCc1nsc(N)n1. The summed E-state index contributed by atoms with van der Waals surface area (Å²) in [6, 6.07) is 5.96. The van der Waals surface area contributed by atoms with Gasteiger partial charge in [0.2, 0.25) is 0 Å². The van der Waals surface area contributed by atoms with Crippen molar-refractivity contribution in [3.8, 4) is 5.75 Å². The van der Waals surface area contributed by atoms with Gasteiger partial charge in [0.05, 0.1) is 7.11 Å². The zero-order valence-electron chi connectivity index (χ0n) is 9.31. The molecule has 0 fully saturated rings. The quantitative estimate of drug-likeness (QED) is 0.942. The predicted molar refractivity (Wildman–Crippen MR) is 72.4 cm³/mol. The summed E-state index contributed by atoms with van der Waals surface area (Å²) in [5, 5.41) is 0.515. The van der Waals surface area contributed by atoms with E-state index in [1.165, 1.54) is 11.5 Å². The Morgan fingerprint density at radius 1 is 1.41 bits per heavy atom. The monoisotopic (exact) mass is 313 g/mol. The second kappa shape index (κ2) is 5.46. The summed E-state index contributed by atoms with van der Waals surface area (Å²) in [6.07, 6.45) is 1.60. The fourth-order valence-corrected chi connectivity index (χ4v) is 2.44. The van der Waals surface area contributed by atoms with E-state index in [0.29, 0.717) is 5.13 Å². The maximum absolute atomic E-state index is 5.54. The fraction of sp³-hybridized carbons (Fsp3) is 0.273. The van der Waals surface area contributed by atoms with Gasteiger partial charge in [0, 0.05) is 22.4 Å². The average molecular weight is 314 g/mol. The van der Waals surface area contributed by atoms with Crippen LogP contribution in [0.3, 0.4) is 0 Å². The number of ether oxygens (including phenoxy) is 1. The molecule has 2 rings (SSSR count). The van der Waals surface area contributed by atoms with Crippen molar-refractivity contribution in [2.45, 2.75) is 12.8 Å². The van der Waals surface area contributed by atoms with Gasteiger partial charge >= 0.3 is 0 Å². The van der Waals surface area contributed by atoms with E-state index in [1.54, 1.807) is 7.11 Å². The first-order valence-corrected chi connectivity index (χ1v) is 6.66. The van der Waals surface area contributed by atoms with Gasteiger partial charge < -0.3 is 10.5 Å². The number of hydrogen-bond acceptors (Lipinski definition) is 5. The molecule has 0 aliphatic carbocycles. The largest absolute Gasteiger partial charge is 0.496 e. The molecule has 1 aromatic carbocycles. The van der Waals surface area contributed by atoms with Crippen LogP contribution >= 0.6 is 27.5 Å². The van der Waals surface area contributed by atoms with E-state index < -0.39 is 0 Å². The van der Waals surface area contributed by atoms with Crippen LogP contribution in [0.5, 0.6) is 5.75 Å². The number of nitrogen functional groups attached to an aromatic ring is 1. The van der Waals surface area contributed by atoms with Crippen molar-refractivity contribution in [3.05, 3.63) is 34.1 Å². The number of anilines is 1. The lowest BCUT2D eigenvalue weighted by molar-refractivity contribution is 0.409. The topological polar surface area (TPSA) is 61.0 Å². The Labute approximate surface area is 112 Å². The molecule has 17 heavy (non-hydrogen) atoms. The van der Waals surface area contributed by atoms with Crippen molar-refractivity contribution < 1.29 is 4.74 Å². The van der Waals surface area contributed by atoms with Crippen LogP contribution in [-0.2, 0) is 12.8 Å². The molecule has 1 heterocycles. The number of nitrogens with zero attached hydrogens (tertiary/aromatic N) is 2. The minimum Gasteiger partial charge on any atom is -0.496 e. The molecule has 0 bridgehead atoms. The first kappa shape index (κ1) is 12.3. The van der Waals surface area contributed by atoms with E-state index in [0.717, 1.165) is 34.5 Å². The standard InChI is InChI=1S/C11H12BrN3OS/c1-16-9-4-3-8(12)6-7(9)2-5-10-14-11(13)17-15-10/h3-4,6H,2,5H2,1H3,(H2,13,14,15). The van der Waals surface area contributed by atoms with E-state index in [4.69, 9.17) is 10.5 Å². The van der Waals surface area contributed by atoms with E-state index >= 15 is 0 Å². The van der Waals surface area contributed by atoms with Crippen molar-refractivity contribution >= 4 is 32.6 Å². The second-order valence-corrected chi connectivity index (χ2v) is 5.20. The molecule has 0 spiro atoms. The van der Waals surface area contributed by atoms with Gasteiger partial charge in [-0.3, -0.25) is 0 Å². The van der Waals surface area contributed by atoms with E-state index in [-0.39, 0.29) is 0 Å². The Balaban J connectivity index is 2.10. The number of nitrogens with two attached hydrogens (primary N) is 1. The van der Waals surface area contributed by atoms with Crippen LogP contribution in [0.25, 0.3) is 0 Å². The third-order valence-corrected chi connectivity index (χ3v) is 3.42. The van der Waals surface area contributed by atoms with Crippen LogP contribution in [0.15, 0.2) is 22.7 Å². The number of halogens is 1. The smallest absolute Gasteiger partial charge is 0.199 e. The number of rotatable bonds is 4. The second-order valence-electron chi connectivity index (χ2n) is 3.51. The molecule has 6 heteroatoms. The van der Waals surface area contributed by atoms with Crippen molar-refractivity contribution in [1.82, 2.24) is 9.36 Å². The van der Waals surface area contributed by atoms with Crippen molar-refractivity contribution in [2.75, 3.05) is 12.8 Å². The Kier molecular flexibility index (Phi) is 3.96. The molecule has 0 aliphatic rings. The van der Waals surface area contributed by atoms with Gasteiger partial charge in [0.1, 0.15) is 11.6 Å². The molecule has 0 unspecified atom stereocenters. The van der Waals surface area contributed by atoms with Crippen LogP contribution in [0.4, 0.5) is 5.13 Å². The van der Waals surface area contributed by atoms with Gasteiger partial charge in [-0.05, 0) is 30.2 Å². The maximum Gasteiger partial charge on any atom is 0.199 e. The molecule has 0 aliphatic heterocycles. The highest BCUT2D eigenvalue weighted by atomic mass is 79.9. The summed E-state index contributed by atoms with van der Waals surface area (Å²) in [6.45, 7) is 0. The van der Waals surface area contributed by atoms with Crippen LogP contribution in [0, 0.1) is 0 Å². The van der Waals surface area contributed by atoms with Gasteiger partial charge in [-0.25, -0.2) is 4.98 Å². The number of benzene rings is 1. The highest BCUT2D eigenvalue weighted by Crippen LogP contribution is 2.24. The van der Waals surface area contributed by atoms with E-state index in [2.05, 4.69) is 31.4 Å². The Morgan fingerprint density at radius 3 is 2.88 bits per heavy atom. The summed E-state index contributed by atoms with van der Waals surface area (Å²) < 4.78 is 10.5. The Bertz CT molecular complexity index is 515. The molecule has 2 N–H and O–H groups in total. The molecule has 0 saturated carbocycles. The van der Waals surface area contributed by atoms with Crippen molar-refractivity contribution in [2.24, 2.45) is 0 Å². The van der Waals surface area contributed by atoms with E-state index in [9.17, 15) is 0 Å². The molecule has 0 saturated heterocycles. The number of methoxy groups -OCH3 is 1. The van der Waals surface area contributed by atoms with Crippen molar-refractivity contribution in [3.63, 3.8) is 0 Å². The van der Waals surface area contributed by atoms with Crippen LogP contribution in [0.2, 0.25) is 0 Å². The molecule has 1 aromatic heterocycles. The molecule has 0 amide bonds. The van der Waals surface area contributed by atoms with Crippen molar-refractivity contribution in [1.29, 1.82) is 0 Å². The summed E-state index contributed by atoms with van der Waals surface area (Å²) in [4.78, 5) is 4.14. The highest BCUT2D eigenvalue weighted by molar-refractivity contribution is 9.10. The number of hydrogen-bond donors (Lipinski definition) is 1. The molecular formula is C11H12BrN3OS. The van der Waals surface area contributed by atoms with Crippen LogP contribution in [0.1, 0.15) is 11.4 Å². The van der Waals surface area contributed by atoms with Crippen LogP contribution < -0.4 is 10.5 Å². The zero-order valence-corrected chi connectivity index (χ0v) is 11.7. The predicted octanol–water partition coefficient (Wildman–Crippen LogP) is 2.68. The molecule has 4 nitrogen and oxygen atoms in total. The summed E-state index contributed by atoms with van der Waals surface area (Å²) in [5.41, 5.74) is 6.67. The molecule has 90 valence electrons. The summed E-state index contributed by atoms with van der Waals surface area (Å²) in [5.74, 6) is 1.67. The van der Waals surface area contributed by atoms with Gasteiger partial charge in [0.15, 0.2) is 5.13 Å². The van der Waals surface area contributed by atoms with Gasteiger partial charge in [-0.1, -0.05) is 15.9 Å². The third kappa shape index (κ3) is 3.17. The summed E-state index contributed by atoms with van der Waals surface area (Å²) >= 11 is 4.68. The normalized spacial score (nSPS) is 10.5. The molecular weight excluding hydrogens is 302 g/mol. The lowest BCUT2D eigenvalue weighted by Crippen LogP contribution is -1.97. The zero-order chi connectivity index (χ0) is 12.3. The summed E-state index contributed by atoms with van der Waals surface area (Å²) in [7, 11) is 1.67. The lowest BCUT2D eigenvalue weighted by Gasteiger charge is -2.07. The maximum atomic E-state index is 5.54. The fourth-order valence-electron chi connectivity index (χ4n) is 1.56. The number of aryl methyl sites for hydroxylation is 2. The highest BCUT2D eigenvalue weighted by Gasteiger charge is 2.06. The van der Waals surface area contributed by atoms with Gasteiger partial charge in [-0.2, -0.15) is 4.37 Å². The number of aromatic nitrogens is 2. The Hall–Kier alpha value is -1.14. The first-order valence-electron chi connectivity index (χ1n) is 5.09. The lowest BCUT2D eigenvalue weighted by atomic mass is 10.1. The minimum atomic E-state index is 0.515. The van der Waals surface area contributed by atoms with Crippen LogP contribution in [-0.4, -0.2) is 16.5 Å². The molecule has 0 atom stereocenters. The third-order valence-electron chi connectivity index (χ3n) is 2.34. The first-order chi connectivity index (χ1) is 8.19. The minimum absolute atomic E-state index is 0.515.